The highest BCUT2D eigenvalue weighted by molar-refractivity contribution is 7.85. The summed E-state index contributed by atoms with van der Waals surface area (Å²) >= 11 is 0. The summed E-state index contributed by atoms with van der Waals surface area (Å²) < 4.78 is 26.9. The molecule has 8 heteroatoms. The second-order valence-electron chi connectivity index (χ2n) is 3.50. The molecule has 0 heterocycles. The number of aliphatic carboxylic acids is 2. The summed E-state index contributed by atoms with van der Waals surface area (Å²) in [7, 11) is -3.66. The summed E-state index contributed by atoms with van der Waals surface area (Å²) in [6, 6.07) is 10.0. The molecule has 1 aromatic carbocycles. The minimum atomic E-state index is -3.66. The molecule has 1 aromatic rings. The van der Waals surface area contributed by atoms with Gasteiger partial charge < -0.3 is 10.2 Å². The second-order valence-corrected chi connectivity index (χ2v) is 5.24. The number of hydrogen-bond acceptors (Lipinski definition) is 4. The molecule has 1 rings (SSSR count). The first-order valence-electron chi connectivity index (χ1n) is 5.89. The molecule has 0 bridgehead atoms. The number of rotatable bonds is 4. The Morgan fingerprint density at radius 2 is 1.45 bits per heavy atom. The van der Waals surface area contributed by atoms with Gasteiger partial charge in [0.2, 0.25) is 0 Å². The maximum atomic E-state index is 9.56. The van der Waals surface area contributed by atoms with Crippen LogP contribution in [-0.2, 0) is 19.7 Å². The molecule has 0 aliphatic heterocycles. The van der Waals surface area contributed by atoms with Crippen LogP contribution in [0.1, 0.15) is 12.5 Å². The Morgan fingerprint density at radius 1 is 1.09 bits per heavy atom. The topological polar surface area (TPSA) is 129 Å². The normalized spacial score (nSPS) is 9.73. The number of carboxylic acid groups (broad SMARTS) is 2. The van der Waals surface area contributed by atoms with Gasteiger partial charge in [0.1, 0.15) is 0 Å². The highest BCUT2D eigenvalue weighted by Crippen LogP contribution is 1.97. The van der Waals surface area contributed by atoms with E-state index in [0.29, 0.717) is 12.2 Å². The zero-order valence-electron chi connectivity index (χ0n) is 11.9. The summed E-state index contributed by atoms with van der Waals surface area (Å²) in [5, 5.41) is 15.6. The standard InChI is InChI=1S/C8H8.C4H4O4.C2H6O3S/c1-2-8-6-4-3-5-7-8;5-3(6)1-2-4(7)8;1-2-6(3,4)5/h2-7H,1H2;1-2H,(H,5,6)(H,7,8);2H2,1H3,(H,3,4,5)/b;2-1-;. The van der Waals surface area contributed by atoms with Crippen LogP contribution in [0.25, 0.3) is 6.08 Å². The Morgan fingerprint density at radius 3 is 1.64 bits per heavy atom. The molecule has 0 amide bonds. The van der Waals surface area contributed by atoms with Crippen LogP contribution < -0.4 is 0 Å². The van der Waals surface area contributed by atoms with E-state index in [1.165, 1.54) is 12.5 Å². The Kier molecular flexibility index (Phi) is 12.2. The molecule has 0 spiro atoms. The molecular weight excluding hydrogens is 312 g/mol. The SMILES string of the molecule is C=Cc1ccccc1.CCS(=O)(=O)O.O=C(O)/C=C\C(=O)O. The van der Waals surface area contributed by atoms with Crippen molar-refractivity contribution in [1.82, 2.24) is 0 Å². The highest BCUT2D eigenvalue weighted by Gasteiger charge is 1.93. The van der Waals surface area contributed by atoms with E-state index in [-0.39, 0.29) is 5.75 Å². The Bertz CT molecular complexity index is 573. The summed E-state index contributed by atoms with van der Waals surface area (Å²) in [6.07, 6.45) is 2.95. The monoisotopic (exact) mass is 330 g/mol. The fourth-order valence-electron chi connectivity index (χ4n) is 0.732. The van der Waals surface area contributed by atoms with Crippen molar-refractivity contribution >= 4 is 28.1 Å². The van der Waals surface area contributed by atoms with E-state index in [4.69, 9.17) is 14.8 Å². The minimum absolute atomic E-state index is 0.201. The van der Waals surface area contributed by atoms with Crippen LogP contribution >= 0.6 is 0 Å². The van der Waals surface area contributed by atoms with Gasteiger partial charge in [0, 0.05) is 12.2 Å². The molecule has 0 aliphatic rings. The number of benzene rings is 1. The quantitative estimate of drug-likeness (QED) is 0.568. The number of hydrogen-bond donors (Lipinski definition) is 3. The van der Waals surface area contributed by atoms with Crippen LogP contribution in [0.2, 0.25) is 0 Å². The molecule has 122 valence electrons. The van der Waals surface area contributed by atoms with Crippen LogP contribution in [0.5, 0.6) is 0 Å². The lowest BCUT2D eigenvalue weighted by Crippen LogP contribution is -1.97. The Balaban J connectivity index is 0. The van der Waals surface area contributed by atoms with E-state index in [0.717, 1.165) is 0 Å². The van der Waals surface area contributed by atoms with Gasteiger partial charge in [-0.1, -0.05) is 43.0 Å². The van der Waals surface area contributed by atoms with Crippen LogP contribution in [0.4, 0.5) is 0 Å². The third-order valence-corrected chi connectivity index (χ3v) is 2.50. The minimum Gasteiger partial charge on any atom is -0.478 e. The third-order valence-electron chi connectivity index (χ3n) is 1.77. The van der Waals surface area contributed by atoms with Crippen molar-refractivity contribution in [2.24, 2.45) is 0 Å². The molecule has 0 radical (unpaired) electrons. The molecule has 3 N–H and O–H groups in total. The Labute approximate surface area is 129 Å². The fraction of sp³-hybridized carbons (Fsp3) is 0.143. The predicted octanol–water partition coefficient (Wildman–Crippen LogP) is 1.94. The average Bonchev–Trinajstić information content (AvgIpc) is 2.46. The molecule has 0 aromatic heterocycles. The van der Waals surface area contributed by atoms with Gasteiger partial charge in [-0.15, -0.1) is 0 Å². The maximum Gasteiger partial charge on any atom is 0.328 e. The van der Waals surface area contributed by atoms with Gasteiger partial charge in [-0.3, -0.25) is 4.55 Å². The Hall–Kier alpha value is -2.45. The smallest absolute Gasteiger partial charge is 0.328 e. The zero-order valence-corrected chi connectivity index (χ0v) is 12.7. The molecular formula is C14H18O7S. The zero-order chi connectivity index (χ0) is 17.6. The lowest BCUT2D eigenvalue weighted by molar-refractivity contribution is -0.134. The molecule has 0 fully saturated rings. The molecule has 7 nitrogen and oxygen atoms in total. The van der Waals surface area contributed by atoms with E-state index >= 15 is 0 Å². The first-order valence-corrected chi connectivity index (χ1v) is 7.49. The van der Waals surface area contributed by atoms with Crippen LogP contribution in [0.15, 0.2) is 49.1 Å². The summed E-state index contributed by atoms with van der Waals surface area (Å²) in [5.74, 6) is -2.72. The number of carbonyl (C=O) groups is 2. The van der Waals surface area contributed by atoms with Gasteiger partial charge in [-0.25, -0.2) is 9.59 Å². The van der Waals surface area contributed by atoms with E-state index in [2.05, 4.69) is 6.58 Å². The lowest BCUT2D eigenvalue weighted by Gasteiger charge is -1.85. The molecule has 0 saturated heterocycles. The fourth-order valence-corrected chi connectivity index (χ4v) is 0.732. The predicted molar refractivity (Wildman–Crippen MR) is 83.0 cm³/mol. The van der Waals surface area contributed by atoms with E-state index < -0.39 is 22.1 Å². The lowest BCUT2D eigenvalue weighted by atomic mass is 10.2. The third kappa shape index (κ3) is 19.9. The largest absolute Gasteiger partial charge is 0.478 e. The first kappa shape index (κ1) is 21.8. The van der Waals surface area contributed by atoms with Crippen molar-refractivity contribution in [1.29, 1.82) is 0 Å². The molecule has 0 saturated carbocycles. The van der Waals surface area contributed by atoms with Gasteiger partial charge in [0.05, 0.1) is 5.75 Å². The van der Waals surface area contributed by atoms with Crippen LogP contribution in [0, 0.1) is 0 Å². The van der Waals surface area contributed by atoms with Crippen molar-refractivity contribution in [3.05, 3.63) is 54.6 Å². The molecule has 0 aliphatic carbocycles. The second kappa shape index (κ2) is 12.3. The van der Waals surface area contributed by atoms with Gasteiger partial charge in [-0.05, 0) is 12.5 Å². The van der Waals surface area contributed by atoms with Crippen LogP contribution in [-0.4, -0.2) is 40.9 Å². The van der Waals surface area contributed by atoms with Gasteiger partial charge in [-0.2, -0.15) is 8.42 Å². The number of carboxylic acids is 2. The van der Waals surface area contributed by atoms with Gasteiger partial charge >= 0.3 is 11.9 Å². The average molecular weight is 330 g/mol. The van der Waals surface area contributed by atoms with Crippen molar-refractivity contribution < 1.29 is 32.8 Å². The van der Waals surface area contributed by atoms with Gasteiger partial charge in [0.15, 0.2) is 0 Å². The molecule has 0 atom stereocenters. The van der Waals surface area contributed by atoms with Crippen molar-refractivity contribution in [3.8, 4) is 0 Å². The molecule has 22 heavy (non-hydrogen) atoms. The van der Waals surface area contributed by atoms with E-state index in [1.807, 2.05) is 36.4 Å². The van der Waals surface area contributed by atoms with Crippen molar-refractivity contribution in [3.63, 3.8) is 0 Å². The van der Waals surface area contributed by atoms with E-state index in [9.17, 15) is 18.0 Å². The van der Waals surface area contributed by atoms with Crippen LogP contribution in [0.3, 0.4) is 0 Å². The van der Waals surface area contributed by atoms with Crippen molar-refractivity contribution in [2.75, 3.05) is 5.75 Å². The van der Waals surface area contributed by atoms with Crippen molar-refractivity contribution in [2.45, 2.75) is 6.92 Å². The molecule has 0 unspecified atom stereocenters. The summed E-state index contributed by atoms with van der Waals surface area (Å²) in [6.45, 7) is 5.00. The van der Waals surface area contributed by atoms with Gasteiger partial charge in [0.25, 0.3) is 10.1 Å². The highest BCUT2D eigenvalue weighted by atomic mass is 32.2. The first-order chi connectivity index (χ1) is 10.1. The maximum absolute atomic E-state index is 9.56. The summed E-state index contributed by atoms with van der Waals surface area (Å²) in [5.41, 5.74) is 1.17. The van der Waals surface area contributed by atoms with E-state index in [1.54, 1.807) is 0 Å². The summed E-state index contributed by atoms with van der Waals surface area (Å²) in [4.78, 5) is 19.1.